The molecule has 4 nitrogen and oxygen atoms in total. The highest BCUT2D eigenvalue weighted by Crippen LogP contribution is 2.18. The van der Waals surface area contributed by atoms with Crippen LogP contribution in [0.2, 0.25) is 5.02 Å². The molecular formula is C15H15ClN2O2S. The van der Waals surface area contributed by atoms with Gasteiger partial charge >= 0.3 is 0 Å². The number of anilines is 2. The number of rotatable bonds is 4. The van der Waals surface area contributed by atoms with Gasteiger partial charge in [-0.3, -0.25) is 9.00 Å². The summed E-state index contributed by atoms with van der Waals surface area (Å²) in [5.74, 6) is -0.334. The molecule has 0 saturated heterocycles. The smallest absolute Gasteiger partial charge is 0.240 e. The van der Waals surface area contributed by atoms with Gasteiger partial charge in [-0.25, -0.2) is 0 Å². The van der Waals surface area contributed by atoms with E-state index < -0.39 is 16.0 Å². The van der Waals surface area contributed by atoms with Gasteiger partial charge in [0.25, 0.3) is 0 Å². The van der Waals surface area contributed by atoms with Crippen LogP contribution in [-0.4, -0.2) is 15.4 Å². The van der Waals surface area contributed by atoms with E-state index in [4.69, 9.17) is 17.3 Å². The number of carbonyl (C=O) groups excluding carboxylic acids is 1. The minimum absolute atomic E-state index is 0.334. The predicted octanol–water partition coefficient (Wildman–Crippen LogP) is 3.06. The Morgan fingerprint density at radius 2 is 1.95 bits per heavy atom. The second kappa shape index (κ2) is 6.74. The summed E-state index contributed by atoms with van der Waals surface area (Å²) in [6.07, 6.45) is 0. The first-order chi connectivity index (χ1) is 9.97. The number of carbonyl (C=O) groups is 1. The minimum atomic E-state index is -1.48. The molecule has 0 aliphatic heterocycles. The molecule has 6 heteroatoms. The van der Waals surface area contributed by atoms with Crippen LogP contribution in [0.1, 0.15) is 6.92 Å². The molecule has 0 bridgehead atoms. The fourth-order valence-electron chi connectivity index (χ4n) is 1.75. The summed E-state index contributed by atoms with van der Waals surface area (Å²) in [6, 6.07) is 13.5. The fraction of sp³-hybridized carbons (Fsp3) is 0.133. The summed E-state index contributed by atoms with van der Waals surface area (Å²) in [5, 5.41) is 2.49. The quantitative estimate of drug-likeness (QED) is 0.850. The Hall–Kier alpha value is -1.85. The zero-order chi connectivity index (χ0) is 15.4. The average molecular weight is 323 g/mol. The van der Waals surface area contributed by atoms with Crippen LogP contribution < -0.4 is 11.1 Å². The number of amides is 1. The van der Waals surface area contributed by atoms with Crippen molar-refractivity contribution in [2.75, 3.05) is 11.1 Å². The van der Waals surface area contributed by atoms with Crippen LogP contribution in [-0.2, 0) is 15.6 Å². The molecule has 0 radical (unpaired) electrons. The summed E-state index contributed by atoms with van der Waals surface area (Å²) in [5.41, 5.74) is 6.78. The second-order valence-corrected chi connectivity index (χ2v) is 6.72. The molecule has 0 aliphatic carbocycles. The normalized spacial score (nSPS) is 13.4. The predicted molar refractivity (Wildman–Crippen MR) is 86.8 cm³/mol. The van der Waals surface area contributed by atoms with Gasteiger partial charge in [0.05, 0.1) is 10.8 Å². The van der Waals surface area contributed by atoms with Gasteiger partial charge in [-0.05, 0) is 43.3 Å². The number of halogens is 1. The molecule has 1 amide bonds. The SMILES string of the molecule is CC(C(=O)Nc1cccc(N)c1)S(=O)c1cccc(Cl)c1. The molecule has 2 unspecified atom stereocenters. The summed E-state index contributed by atoms with van der Waals surface area (Å²) in [6.45, 7) is 1.61. The van der Waals surface area contributed by atoms with E-state index in [1.54, 1.807) is 55.5 Å². The molecule has 110 valence electrons. The molecule has 0 saturated carbocycles. The van der Waals surface area contributed by atoms with Crippen LogP contribution in [0.4, 0.5) is 11.4 Å². The van der Waals surface area contributed by atoms with Crippen molar-refractivity contribution in [1.29, 1.82) is 0 Å². The minimum Gasteiger partial charge on any atom is -0.399 e. The van der Waals surface area contributed by atoms with Crippen LogP contribution >= 0.6 is 11.6 Å². The lowest BCUT2D eigenvalue weighted by Gasteiger charge is -2.12. The van der Waals surface area contributed by atoms with Gasteiger partial charge in [0.2, 0.25) is 5.91 Å². The van der Waals surface area contributed by atoms with E-state index in [-0.39, 0.29) is 5.91 Å². The standard InChI is InChI=1S/C15H15ClN2O2S/c1-10(21(20)14-7-2-4-11(16)8-14)15(19)18-13-6-3-5-12(17)9-13/h2-10H,17H2,1H3,(H,18,19). The topological polar surface area (TPSA) is 72.2 Å². The Bertz CT molecular complexity index is 691. The second-order valence-electron chi connectivity index (χ2n) is 4.51. The first kappa shape index (κ1) is 15.5. The van der Waals surface area contributed by atoms with Crippen LogP contribution in [0, 0.1) is 0 Å². The first-order valence-corrected chi connectivity index (χ1v) is 7.89. The first-order valence-electron chi connectivity index (χ1n) is 6.30. The number of nitrogens with two attached hydrogens (primary N) is 1. The van der Waals surface area contributed by atoms with E-state index in [2.05, 4.69) is 5.32 Å². The maximum atomic E-state index is 12.4. The molecule has 2 aromatic carbocycles. The lowest BCUT2D eigenvalue weighted by Crippen LogP contribution is -2.29. The highest BCUT2D eigenvalue weighted by Gasteiger charge is 2.21. The van der Waals surface area contributed by atoms with E-state index in [1.807, 2.05) is 0 Å². The summed E-state index contributed by atoms with van der Waals surface area (Å²) in [4.78, 5) is 12.7. The highest BCUT2D eigenvalue weighted by molar-refractivity contribution is 7.86. The van der Waals surface area contributed by atoms with Gasteiger partial charge in [0.15, 0.2) is 0 Å². The van der Waals surface area contributed by atoms with Crippen molar-refractivity contribution in [1.82, 2.24) is 0 Å². The molecule has 2 atom stereocenters. The maximum absolute atomic E-state index is 12.4. The summed E-state index contributed by atoms with van der Waals surface area (Å²) >= 11 is 5.87. The van der Waals surface area contributed by atoms with E-state index in [1.165, 1.54) is 0 Å². The van der Waals surface area contributed by atoms with Crippen molar-refractivity contribution >= 4 is 39.7 Å². The van der Waals surface area contributed by atoms with Crippen molar-refractivity contribution in [3.05, 3.63) is 53.6 Å². The highest BCUT2D eigenvalue weighted by atomic mass is 35.5. The number of benzene rings is 2. The third kappa shape index (κ3) is 4.06. The third-order valence-electron chi connectivity index (χ3n) is 2.87. The van der Waals surface area contributed by atoms with Gasteiger partial charge in [-0.1, -0.05) is 23.7 Å². The van der Waals surface area contributed by atoms with Gasteiger partial charge in [-0.2, -0.15) is 0 Å². The molecule has 0 fully saturated rings. The summed E-state index contributed by atoms with van der Waals surface area (Å²) in [7, 11) is -1.48. The summed E-state index contributed by atoms with van der Waals surface area (Å²) < 4.78 is 12.4. The van der Waals surface area contributed by atoms with E-state index in [0.717, 1.165) is 0 Å². The molecule has 2 aromatic rings. The zero-order valence-corrected chi connectivity index (χ0v) is 12.9. The Kier molecular flexibility index (Phi) is 4.98. The fourth-order valence-corrected chi connectivity index (χ4v) is 3.13. The Balaban J connectivity index is 2.10. The Labute approximate surface area is 130 Å². The number of nitrogens with one attached hydrogen (secondary N) is 1. The molecule has 2 rings (SSSR count). The van der Waals surface area contributed by atoms with E-state index >= 15 is 0 Å². The van der Waals surface area contributed by atoms with Crippen LogP contribution in [0.25, 0.3) is 0 Å². The van der Waals surface area contributed by atoms with Crippen molar-refractivity contribution in [3.63, 3.8) is 0 Å². The monoisotopic (exact) mass is 322 g/mol. The largest absolute Gasteiger partial charge is 0.399 e. The molecule has 21 heavy (non-hydrogen) atoms. The van der Waals surface area contributed by atoms with Crippen LogP contribution in [0.15, 0.2) is 53.4 Å². The number of hydrogen-bond donors (Lipinski definition) is 2. The molecule has 0 heterocycles. The van der Waals surface area contributed by atoms with Gasteiger partial charge in [0, 0.05) is 21.3 Å². The maximum Gasteiger partial charge on any atom is 0.240 e. The Morgan fingerprint density at radius 3 is 2.62 bits per heavy atom. The molecule has 0 spiro atoms. The van der Waals surface area contributed by atoms with Crippen molar-refractivity contribution < 1.29 is 9.00 Å². The average Bonchev–Trinajstić information content (AvgIpc) is 2.45. The lowest BCUT2D eigenvalue weighted by molar-refractivity contribution is -0.115. The Morgan fingerprint density at radius 1 is 1.24 bits per heavy atom. The van der Waals surface area contributed by atoms with Gasteiger partial charge in [-0.15, -0.1) is 0 Å². The van der Waals surface area contributed by atoms with Crippen molar-refractivity contribution in [2.24, 2.45) is 0 Å². The molecule has 0 aromatic heterocycles. The molecule has 3 N–H and O–H groups in total. The van der Waals surface area contributed by atoms with Crippen LogP contribution in [0.3, 0.4) is 0 Å². The zero-order valence-electron chi connectivity index (χ0n) is 11.4. The number of hydrogen-bond acceptors (Lipinski definition) is 3. The lowest BCUT2D eigenvalue weighted by atomic mass is 10.3. The van der Waals surface area contributed by atoms with Crippen molar-refractivity contribution in [3.8, 4) is 0 Å². The third-order valence-corrected chi connectivity index (χ3v) is 4.68. The number of nitrogen functional groups attached to an aromatic ring is 1. The van der Waals surface area contributed by atoms with E-state index in [0.29, 0.717) is 21.3 Å². The molecular weight excluding hydrogens is 308 g/mol. The molecule has 0 aliphatic rings. The van der Waals surface area contributed by atoms with Gasteiger partial charge in [0.1, 0.15) is 5.25 Å². The van der Waals surface area contributed by atoms with Gasteiger partial charge < -0.3 is 11.1 Å². The van der Waals surface area contributed by atoms with E-state index in [9.17, 15) is 9.00 Å². The van der Waals surface area contributed by atoms with Crippen molar-refractivity contribution in [2.45, 2.75) is 17.1 Å². The van der Waals surface area contributed by atoms with Crippen LogP contribution in [0.5, 0.6) is 0 Å².